The van der Waals surface area contributed by atoms with Crippen LogP contribution in [0.25, 0.3) is 0 Å². The van der Waals surface area contributed by atoms with Crippen LogP contribution in [-0.2, 0) is 4.74 Å². The van der Waals surface area contributed by atoms with Crippen molar-refractivity contribution >= 4 is 28.8 Å². The van der Waals surface area contributed by atoms with Crippen LogP contribution < -0.4 is 5.32 Å². The van der Waals surface area contributed by atoms with Gasteiger partial charge in [0, 0.05) is 11.4 Å². The number of aliphatic hydroxyl groups is 1. The van der Waals surface area contributed by atoms with E-state index in [0.717, 1.165) is 4.88 Å². The van der Waals surface area contributed by atoms with Gasteiger partial charge in [0.25, 0.3) is 5.91 Å². The van der Waals surface area contributed by atoms with E-state index in [9.17, 15) is 9.18 Å². The zero-order valence-electron chi connectivity index (χ0n) is 11.6. The van der Waals surface area contributed by atoms with E-state index in [4.69, 9.17) is 21.4 Å². The molecule has 0 fully saturated rings. The molecule has 0 unspecified atom stereocenters. The van der Waals surface area contributed by atoms with Crippen LogP contribution in [0.1, 0.15) is 21.3 Å². The van der Waals surface area contributed by atoms with Gasteiger partial charge in [0.2, 0.25) is 0 Å². The number of benzene rings is 1. The number of carbonyl (C=O) groups excluding carboxylic acids is 1. The fourth-order valence-electron chi connectivity index (χ4n) is 1.90. The molecule has 1 amide bonds. The minimum Gasteiger partial charge on any atom is -0.394 e. The average Bonchev–Trinajstić information content (AvgIpc) is 3.01. The molecule has 0 aliphatic rings. The van der Waals surface area contributed by atoms with Gasteiger partial charge >= 0.3 is 0 Å². The van der Waals surface area contributed by atoms with E-state index >= 15 is 0 Å². The summed E-state index contributed by atoms with van der Waals surface area (Å²) < 4.78 is 19.2. The van der Waals surface area contributed by atoms with E-state index in [-0.39, 0.29) is 30.3 Å². The predicted molar refractivity (Wildman–Crippen MR) is 83.8 cm³/mol. The predicted octanol–water partition coefficient (Wildman–Crippen LogP) is 3.02. The molecule has 0 aliphatic carbocycles. The summed E-state index contributed by atoms with van der Waals surface area (Å²) in [6.45, 7) is 0.192. The number of thiophene rings is 1. The van der Waals surface area contributed by atoms with Crippen molar-refractivity contribution in [3.8, 4) is 0 Å². The van der Waals surface area contributed by atoms with Gasteiger partial charge in [-0.15, -0.1) is 11.3 Å². The average molecular weight is 344 g/mol. The minimum absolute atomic E-state index is 0.0569. The van der Waals surface area contributed by atoms with E-state index < -0.39 is 17.8 Å². The standard InChI is InChI=1S/C15H15ClFNO3S/c16-10-3-1-4-11(17)14(10)15(20)18-9-12(21-7-6-19)13-5-2-8-22-13/h1-5,8,12,19H,6-7,9H2,(H,18,20)/t12-/m1/s1. The molecule has 2 rings (SSSR count). The van der Waals surface area contributed by atoms with Crippen molar-refractivity contribution in [1.82, 2.24) is 5.32 Å². The molecule has 22 heavy (non-hydrogen) atoms. The molecule has 0 radical (unpaired) electrons. The Morgan fingerprint density at radius 1 is 1.41 bits per heavy atom. The maximum atomic E-state index is 13.7. The van der Waals surface area contributed by atoms with Gasteiger partial charge in [0.15, 0.2) is 0 Å². The van der Waals surface area contributed by atoms with Crippen LogP contribution in [0.5, 0.6) is 0 Å². The Morgan fingerprint density at radius 3 is 2.86 bits per heavy atom. The number of hydrogen-bond donors (Lipinski definition) is 2. The summed E-state index contributed by atoms with van der Waals surface area (Å²) in [5, 5.41) is 13.4. The summed E-state index contributed by atoms with van der Waals surface area (Å²) in [5.41, 5.74) is -0.184. The number of amides is 1. The highest BCUT2D eigenvalue weighted by atomic mass is 35.5. The molecule has 1 aromatic carbocycles. The van der Waals surface area contributed by atoms with Crippen LogP contribution >= 0.6 is 22.9 Å². The van der Waals surface area contributed by atoms with Crippen LogP contribution in [0, 0.1) is 5.82 Å². The first-order valence-corrected chi connectivity index (χ1v) is 7.87. The van der Waals surface area contributed by atoms with E-state index in [1.165, 1.54) is 29.5 Å². The van der Waals surface area contributed by atoms with E-state index in [2.05, 4.69) is 5.32 Å². The second-order valence-electron chi connectivity index (χ2n) is 4.41. The lowest BCUT2D eigenvalue weighted by molar-refractivity contribution is 0.0295. The molecule has 118 valence electrons. The molecule has 0 aliphatic heterocycles. The molecule has 1 aromatic heterocycles. The van der Waals surface area contributed by atoms with Crippen molar-refractivity contribution in [2.75, 3.05) is 19.8 Å². The number of rotatable bonds is 7. The summed E-state index contributed by atoms with van der Waals surface area (Å²) >= 11 is 7.34. The van der Waals surface area contributed by atoms with Crippen molar-refractivity contribution < 1.29 is 19.0 Å². The molecule has 1 atom stereocenters. The quantitative estimate of drug-likeness (QED) is 0.812. The Kier molecular flexibility index (Phi) is 6.33. The number of ether oxygens (including phenoxy) is 1. The van der Waals surface area contributed by atoms with Crippen molar-refractivity contribution in [3.63, 3.8) is 0 Å². The van der Waals surface area contributed by atoms with Gasteiger partial charge in [-0.05, 0) is 23.6 Å². The fraction of sp³-hybridized carbons (Fsp3) is 0.267. The molecule has 0 bridgehead atoms. The van der Waals surface area contributed by atoms with Gasteiger partial charge < -0.3 is 15.2 Å². The molecular formula is C15H15ClFNO3S. The second-order valence-corrected chi connectivity index (χ2v) is 5.79. The normalized spacial score (nSPS) is 12.1. The number of hydrogen-bond acceptors (Lipinski definition) is 4. The molecule has 4 nitrogen and oxygen atoms in total. The smallest absolute Gasteiger partial charge is 0.255 e. The van der Waals surface area contributed by atoms with Gasteiger partial charge in [-0.2, -0.15) is 0 Å². The van der Waals surface area contributed by atoms with Crippen LogP contribution in [0.4, 0.5) is 4.39 Å². The number of nitrogens with one attached hydrogen (secondary N) is 1. The highest BCUT2D eigenvalue weighted by Crippen LogP contribution is 2.23. The Hall–Kier alpha value is -1.47. The molecule has 1 heterocycles. The molecule has 0 spiro atoms. The lowest BCUT2D eigenvalue weighted by Crippen LogP contribution is -2.30. The van der Waals surface area contributed by atoms with Gasteiger partial charge in [0.1, 0.15) is 11.9 Å². The van der Waals surface area contributed by atoms with E-state index in [1.807, 2.05) is 17.5 Å². The third-order valence-electron chi connectivity index (χ3n) is 2.91. The first-order valence-electron chi connectivity index (χ1n) is 6.61. The monoisotopic (exact) mass is 343 g/mol. The Morgan fingerprint density at radius 2 is 2.23 bits per heavy atom. The Balaban J connectivity index is 2.04. The lowest BCUT2D eigenvalue weighted by atomic mass is 10.2. The lowest BCUT2D eigenvalue weighted by Gasteiger charge is -2.17. The van der Waals surface area contributed by atoms with Crippen LogP contribution in [-0.4, -0.2) is 30.8 Å². The zero-order chi connectivity index (χ0) is 15.9. The maximum absolute atomic E-state index is 13.7. The molecule has 0 saturated carbocycles. The summed E-state index contributed by atoms with van der Waals surface area (Å²) in [6.07, 6.45) is -0.401. The van der Waals surface area contributed by atoms with E-state index in [1.54, 1.807) is 0 Å². The van der Waals surface area contributed by atoms with Gasteiger partial charge in [-0.1, -0.05) is 23.7 Å². The third kappa shape index (κ3) is 4.27. The summed E-state index contributed by atoms with van der Waals surface area (Å²) in [6, 6.07) is 7.81. The first kappa shape index (κ1) is 16.9. The molecule has 0 saturated heterocycles. The van der Waals surface area contributed by atoms with Crippen molar-refractivity contribution in [3.05, 3.63) is 57.0 Å². The van der Waals surface area contributed by atoms with Gasteiger partial charge in [-0.25, -0.2) is 4.39 Å². The summed E-state index contributed by atoms with van der Waals surface area (Å²) in [7, 11) is 0. The van der Waals surface area contributed by atoms with Crippen molar-refractivity contribution in [1.29, 1.82) is 0 Å². The highest BCUT2D eigenvalue weighted by molar-refractivity contribution is 7.10. The van der Waals surface area contributed by atoms with Gasteiger partial charge in [-0.3, -0.25) is 4.79 Å². The zero-order valence-corrected chi connectivity index (χ0v) is 13.2. The number of aliphatic hydroxyl groups excluding tert-OH is 1. The van der Waals surface area contributed by atoms with Crippen LogP contribution in [0.3, 0.4) is 0 Å². The highest BCUT2D eigenvalue weighted by Gasteiger charge is 2.19. The largest absolute Gasteiger partial charge is 0.394 e. The Bertz CT molecular complexity index is 601. The maximum Gasteiger partial charge on any atom is 0.255 e. The van der Waals surface area contributed by atoms with Gasteiger partial charge in [0.05, 0.1) is 23.8 Å². The summed E-state index contributed by atoms with van der Waals surface area (Å²) in [5.74, 6) is -1.27. The molecule has 2 N–H and O–H groups in total. The fourth-order valence-corrected chi connectivity index (χ4v) is 2.92. The molecule has 2 aromatic rings. The Labute approximate surface area is 136 Å². The van der Waals surface area contributed by atoms with E-state index in [0.29, 0.717) is 0 Å². The number of carbonyl (C=O) groups is 1. The second kappa shape index (κ2) is 8.24. The first-order chi connectivity index (χ1) is 10.6. The molecular weight excluding hydrogens is 329 g/mol. The topological polar surface area (TPSA) is 58.6 Å². The molecule has 7 heteroatoms. The van der Waals surface area contributed by atoms with Crippen LogP contribution in [0.15, 0.2) is 35.7 Å². The van der Waals surface area contributed by atoms with Crippen molar-refractivity contribution in [2.24, 2.45) is 0 Å². The van der Waals surface area contributed by atoms with Crippen molar-refractivity contribution in [2.45, 2.75) is 6.10 Å². The summed E-state index contributed by atoms with van der Waals surface area (Å²) in [4.78, 5) is 13.0. The van der Waals surface area contributed by atoms with Crippen LogP contribution in [0.2, 0.25) is 5.02 Å². The SMILES string of the molecule is O=C(NC[C@@H](OCCO)c1cccs1)c1c(F)cccc1Cl. The number of halogens is 2. The minimum atomic E-state index is -0.672. The third-order valence-corrected chi connectivity index (χ3v) is 4.19.